The number of ether oxygens (including phenoxy) is 2. The van der Waals surface area contributed by atoms with E-state index < -0.39 is 0 Å². The monoisotopic (exact) mass is 284 g/mol. The van der Waals surface area contributed by atoms with Crippen molar-refractivity contribution in [3.63, 3.8) is 0 Å². The van der Waals surface area contributed by atoms with E-state index in [9.17, 15) is 4.79 Å². The van der Waals surface area contributed by atoms with Crippen molar-refractivity contribution in [3.8, 4) is 11.5 Å². The molecule has 21 heavy (non-hydrogen) atoms. The molecule has 1 N–H and O–H groups in total. The molecule has 1 amide bonds. The molecule has 1 aromatic heterocycles. The number of aromatic nitrogens is 1. The molecule has 0 saturated carbocycles. The van der Waals surface area contributed by atoms with Crippen LogP contribution in [0.3, 0.4) is 0 Å². The van der Waals surface area contributed by atoms with Gasteiger partial charge in [-0.25, -0.2) is 4.98 Å². The summed E-state index contributed by atoms with van der Waals surface area (Å²) in [5, 5.41) is 2.75. The Kier molecular flexibility index (Phi) is 4.00. The number of fused-ring (bicyclic) bond motifs is 1. The van der Waals surface area contributed by atoms with Gasteiger partial charge >= 0.3 is 0 Å². The number of hydrogen-bond acceptors (Lipinski definition) is 4. The molecule has 5 nitrogen and oxygen atoms in total. The van der Waals surface area contributed by atoms with Gasteiger partial charge in [0.05, 0.1) is 0 Å². The Morgan fingerprint density at radius 3 is 2.81 bits per heavy atom. The summed E-state index contributed by atoms with van der Waals surface area (Å²) in [7, 11) is 0. The highest BCUT2D eigenvalue weighted by atomic mass is 16.6. The molecule has 2 heterocycles. The molecule has 0 unspecified atom stereocenters. The number of rotatable bonds is 4. The number of hydrogen-bond donors (Lipinski definition) is 1. The summed E-state index contributed by atoms with van der Waals surface area (Å²) >= 11 is 0. The van der Waals surface area contributed by atoms with Crippen molar-refractivity contribution in [1.82, 2.24) is 4.98 Å². The zero-order valence-corrected chi connectivity index (χ0v) is 11.5. The van der Waals surface area contributed by atoms with Crippen LogP contribution in [-0.4, -0.2) is 23.6 Å². The maximum atomic E-state index is 11.9. The Hall–Kier alpha value is -2.56. The van der Waals surface area contributed by atoms with Crippen LogP contribution in [0.2, 0.25) is 0 Å². The fraction of sp³-hybridized carbons (Fsp3) is 0.250. The summed E-state index contributed by atoms with van der Waals surface area (Å²) in [6.45, 7) is 0.466. The molecule has 5 heteroatoms. The number of carbonyl (C=O) groups is 1. The Balaban J connectivity index is 1.49. The molecule has 1 aromatic carbocycles. The van der Waals surface area contributed by atoms with E-state index >= 15 is 0 Å². The van der Waals surface area contributed by atoms with Crippen LogP contribution < -0.4 is 14.8 Å². The third-order valence-electron chi connectivity index (χ3n) is 3.19. The van der Waals surface area contributed by atoms with Crippen LogP contribution in [-0.2, 0) is 4.79 Å². The molecule has 2 aromatic rings. The van der Waals surface area contributed by atoms with E-state index in [1.807, 2.05) is 30.3 Å². The molecule has 108 valence electrons. The van der Waals surface area contributed by atoms with Gasteiger partial charge in [0.1, 0.15) is 18.5 Å². The quantitative estimate of drug-likeness (QED) is 0.937. The Morgan fingerprint density at radius 1 is 1.19 bits per heavy atom. The van der Waals surface area contributed by atoms with E-state index in [4.69, 9.17) is 9.47 Å². The molecule has 0 saturated heterocycles. The SMILES string of the molecule is O=C(CC[C@H]1COc2ccccc2O1)Nc1ccccn1. The van der Waals surface area contributed by atoms with Crippen LogP contribution in [0.1, 0.15) is 12.8 Å². The molecule has 1 aliphatic rings. The predicted octanol–water partition coefficient (Wildman–Crippen LogP) is 2.64. The number of carbonyl (C=O) groups excluding carboxylic acids is 1. The number of benzene rings is 1. The lowest BCUT2D eigenvalue weighted by Gasteiger charge is -2.26. The molecular weight excluding hydrogens is 268 g/mol. The molecule has 0 fully saturated rings. The lowest BCUT2D eigenvalue weighted by atomic mass is 10.1. The largest absolute Gasteiger partial charge is 0.486 e. The Labute approximate surface area is 122 Å². The number of para-hydroxylation sites is 2. The normalized spacial score (nSPS) is 16.3. The number of nitrogens with one attached hydrogen (secondary N) is 1. The van der Waals surface area contributed by atoms with Gasteiger partial charge in [-0.3, -0.25) is 4.79 Å². The molecule has 0 bridgehead atoms. The highest BCUT2D eigenvalue weighted by Gasteiger charge is 2.21. The van der Waals surface area contributed by atoms with Crippen molar-refractivity contribution in [2.45, 2.75) is 18.9 Å². The van der Waals surface area contributed by atoms with Crippen LogP contribution in [0.25, 0.3) is 0 Å². The van der Waals surface area contributed by atoms with Gasteiger partial charge in [-0.15, -0.1) is 0 Å². The second-order valence-corrected chi connectivity index (χ2v) is 4.80. The average Bonchev–Trinajstić information content (AvgIpc) is 2.54. The van der Waals surface area contributed by atoms with E-state index in [0.29, 0.717) is 25.3 Å². The van der Waals surface area contributed by atoms with E-state index in [-0.39, 0.29) is 12.0 Å². The van der Waals surface area contributed by atoms with Gasteiger partial charge in [-0.2, -0.15) is 0 Å². The van der Waals surface area contributed by atoms with E-state index in [1.54, 1.807) is 18.3 Å². The minimum Gasteiger partial charge on any atom is -0.486 e. The van der Waals surface area contributed by atoms with Crippen LogP contribution >= 0.6 is 0 Å². The van der Waals surface area contributed by atoms with Gasteiger partial charge < -0.3 is 14.8 Å². The highest BCUT2D eigenvalue weighted by molar-refractivity contribution is 5.89. The first-order chi connectivity index (χ1) is 10.3. The summed E-state index contributed by atoms with van der Waals surface area (Å²) in [4.78, 5) is 15.9. The smallest absolute Gasteiger partial charge is 0.225 e. The Morgan fingerprint density at radius 2 is 2.00 bits per heavy atom. The van der Waals surface area contributed by atoms with E-state index in [0.717, 1.165) is 11.5 Å². The Bertz CT molecular complexity index is 616. The standard InChI is InChI=1S/C16H16N2O3/c19-16(18-15-7-3-4-10-17-15)9-8-12-11-20-13-5-1-2-6-14(13)21-12/h1-7,10,12H,8-9,11H2,(H,17,18,19)/t12-/m0/s1. The summed E-state index contributed by atoms with van der Waals surface area (Å²) in [6.07, 6.45) is 2.51. The second-order valence-electron chi connectivity index (χ2n) is 4.80. The lowest BCUT2D eigenvalue weighted by Crippen LogP contribution is -2.30. The molecule has 0 spiro atoms. The third-order valence-corrected chi connectivity index (χ3v) is 3.19. The van der Waals surface area contributed by atoms with Crippen molar-refractivity contribution in [3.05, 3.63) is 48.7 Å². The summed E-state index contributed by atoms with van der Waals surface area (Å²) in [6, 6.07) is 12.9. The van der Waals surface area contributed by atoms with Gasteiger partial charge in [0, 0.05) is 12.6 Å². The van der Waals surface area contributed by atoms with Crippen molar-refractivity contribution < 1.29 is 14.3 Å². The minimum atomic E-state index is -0.102. The molecule has 3 rings (SSSR count). The van der Waals surface area contributed by atoms with Crippen molar-refractivity contribution >= 4 is 11.7 Å². The summed E-state index contributed by atoms with van der Waals surface area (Å²) in [5.41, 5.74) is 0. The maximum absolute atomic E-state index is 11.9. The van der Waals surface area contributed by atoms with Crippen molar-refractivity contribution in [2.24, 2.45) is 0 Å². The molecule has 1 aliphatic heterocycles. The first-order valence-corrected chi connectivity index (χ1v) is 6.90. The first kappa shape index (κ1) is 13.4. The van der Waals surface area contributed by atoms with Crippen LogP contribution in [0.15, 0.2) is 48.7 Å². The van der Waals surface area contributed by atoms with Gasteiger partial charge in [0.2, 0.25) is 5.91 Å². The summed E-state index contributed by atoms with van der Waals surface area (Å²) in [5.74, 6) is 1.98. The fourth-order valence-corrected chi connectivity index (χ4v) is 2.14. The van der Waals surface area contributed by atoms with Crippen molar-refractivity contribution in [2.75, 3.05) is 11.9 Å². The zero-order chi connectivity index (χ0) is 14.5. The predicted molar refractivity (Wildman–Crippen MR) is 78.5 cm³/mol. The van der Waals surface area contributed by atoms with Gasteiger partial charge in [-0.1, -0.05) is 18.2 Å². The van der Waals surface area contributed by atoms with E-state index in [2.05, 4.69) is 10.3 Å². The number of pyridine rings is 1. The molecular formula is C16H16N2O3. The lowest BCUT2D eigenvalue weighted by molar-refractivity contribution is -0.116. The van der Waals surface area contributed by atoms with Crippen molar-refractivity contribution in [1.29, 1.82) is 0 Å². The maximum Gasteiger partial charge on any atom is 0.225 e. The van der Waals surface area contributed by atoms with Gasteiger partial charge in [0.25, 0.3) is 0 Å². The third kappa shape index (κ3) is 3.51. The van der Waals surface area contributed by atoms with Crippen LogP contribution in [0.4, 0.5) is 5.82 Å². The second kappa shape index (κ2) is 6.26. The zero-order valence-electron chi connectivity index (χ0n) is 11.5. The highest BCUT2D eigenvalue weighted by Crippen LogP contribution is 2.31. The first-order valence-electron chi connectivity index (χ1n) is 6.90. The van der Waals surface area contributed by atoms with Crippen LogP contribution in [0.5, 0.6) is 11.5 Å². The van der Waals surface area contributed by atoms with Gasteiger partial charge in [0.15, 0.2) is 11.5 Å². The average molecular weight is 284 g/mol. The number of amides is 1. The van der Waals surface area contributed by atoms with Gasteiger partial charge in [-0.05, 0) is 30.7 Å². The summed E-state index contributed by atoms with van der Waals surface area (Å²) < 4.78 is 11.4. The molecule has 0 aliphatic carbocycles. The fourth-order valence-electron chi connectivity index (χ4n) is 2.14. The minimum absolute atomic E-state index is 0.0730. The van der Waals surface area contributed by atoms with Crippen LogP contribution in [0, 0.1) is 0 Å². The van der Waals surface area contributed by atoms with E-state index in [1.165, 1.54) is 0 Å². The molecule has 1 atom stereocenters. The topological polar surface area (TPSA) is 60.5 Å². The molecule has 0 radical (unpaired) electrons. The number of anilines is 1. The number of nitrogens with zero attached hydrogens (tertiary/aromatic N) is 1.